The molecule has 0 radical (unpaired) electrons. The van der Waals surface area contributed by atoms with Crippen LogP contribution >= 0.6 is 0 Å². The number of benzene rings is 1. The summed E-state index contributed by atoms with van der Waals surface area (Å²) < 4.78 is 37.5. The summed E-state index contributed by atoms with van der Waals surface area (Å²) in [5, 5.41) is 0. The van der Waals surface area contributed by atoms with Crippen molar-refractivity contribution in [3.05, 3.63) is 23.8 Å². The van der Waals surface area contributed by atoms with Gasteiger partial charge >= 0.3 is 12.1 Å². The van der Waals surface area contributed by atoms with Crippen molar-refractivity contribution in [2.75, 3.05) is 29.9 Å². The molecule has 0 atom stereocenters. The van der Waals surface area contributed by atoms with E-state index in [0.29, 0.717) is 10.8 Å². The average Bonchev–Trinajstić information content (AvgIpc) is 2.46. The molecule has 1 fully saturated rings. The van der Waals surface area contributed by atoms with Crippen molar-refractivity contribution in [2.45, 2.75) is 32.9 Å². The number of carbonyl (C=O) groups is 1. The van der Waals surface area contributed by atoms with Gasteiger partial charge in [-0.3, -0.25) is 4.79 Å². The molecule has 1 heterocycles. The topological polar surface area (TPSA) is 23.6 Å². The van der Waals surface area contributed by atoms with Crippen molar-refractivity contribution in [3.63, 3.8) is 0 Å². The molecule has 2 rings (SSSR count). The second-order valence-corrected chi connectivity index (χ2v) is 6.00. The number of piperidine rings is 1. The maximum Gasteiger partial charge on any atom is 0.471 e. The molecule has 0 aliphatic carbocycles. The van der Waals surface area contributed by atoms with Crippen LogP contribution in [0.3, 0.4) is 0 Å². The van der Waals surface area contributed by atoms with Gasteiger partial charge in [0.05, 0.1) is 0 Å². The van der Waals surface area contributed by atoms with Crippen LogP contribution in [0.4, 0.5) is 24.5 Å². The van der Waals surface area contributed by atoms with Gasteiger partial charge in [0.25, 0.3) is 0 Å². The van der Waals surface area contributed by atoms with Gasteiger partial charge in [-0.25, -0.2) is 0 Å². The second-order valence-electron chi connectivity index (χ2n) is 6.00. The van der Waals surface area contributed by atoms with Crippen LogP contribution in [0, 0.1) is 12.8 Å². The van der Waals surface area contributed by atoms with Gasteiger partial charge in [-0.2, -0.15) is 13.2 Å². The Labute approximate surface area is 128 Å². The Morgan fingerprint density at radius 1 is 1.27 bits per heavy atom. The van der Waals surface area contributed by atoms with Gasteiger partial charge in [0.2, 0.25) is 0 Å². The fraction of sp³-hybridized carbons (Fsp3) is 0.562. The second kappa shape index (κ2) is 6.18. The van der Waals surface area contributed by atoms with Crippen molar-refractivity contribution in [1.29, 1.82) is 0 Å². The molecule has 0 saturated carbocycles. The first kappa shape index (κ1) is 16.6. The molecule has 1 aromatic carbocycles. The maximum atomic E-state index is 12.5. The minimum Gasteiger partial charge on any atom is -0.371 e. The van der Waals surface area contributed by atoms with Gasteiger partial charge in [-0.15, -0.1) is 0 Å². The molecule has 0 aromatic heterocycles. The Balaban J connectivity index is 2.18. The third-order valence-corrected chi connectivity index (χ3v) is 4.24. The van der Waals surface area contributed by atoms with Gasteiger partial charge in [-0.1, -0.05) is 6.92 Å². The van der Waals surface area contributed by atoms with E-state index in [9.17, 15) is 18.0 Å². The molecular formula is C16H21F3N2O. The zero-order valence-electron chi connectivity index (χ0n) is 13.1. The molecule has 0 unspecified atom stereocenters. The number of hydrogen-bond donors (Lipinski definition) is 0. The van der Waals surface area contributed by atoms with Gasteiger partial charge in [0.15, 0.2) is 0 Å². The van der Waals surface area contributed by atoms with E-state index in [1.165, 1.54) is 0 Å². The SMILES string of the molecule is Cc1cc(N(C)C(=O)C(F)(F)F)ccc1N1CCC(C)CC1. The molecule has 1 aromatic rings. The summed E-state index contributed by atoms with van der Waals surface area (Å²) in [5.74, 6) is -1.14. The predicted molar refractivity (Wildman–Crippen MR) is 81.3 cm³/mol. The molecular weight excluding hydrogens is 293 g/mol. The highest BCUT2D eigenvalue weighted by atomic mass is 19.4. The van der Waals surface area contributed by atoms with Crippen LogP contribution in [0.2, 0.25) is 0 Å². The lowest BCUT2D eigenvalue weighted by Crippen LogP contribution is -2.38. The van der Waals surface area contributed by atoms with E-state index in [-0.39, 0.29) is 5.69 Å². The minimum atomic E-state index is -4.86. The van der Waals surface area contributed by atoms with Crippen LogP contribution in [-0.4, -0.2) is 32.2 Å². The Hall–Kier alpha value is -1.72. The fourth-order valence-electron chi connectivity index (χ4n) is 2.76. The lowest BCUT2D eigenvalue weighted by molar-refractivity contribution is -0.170. The summed E-state index contributed by atoms with van der Waals surface area (Å²) in [5.41, 5.74) is 2.17. The van der Waals surface area contributed by atoms with Crippen molar-refractivity contribution >= 4 is 17.3 Å². The summed E-state index contributed by atoms with van der Waals surface area (Å²) in [6, 6.07) is 5.02. The molecule has 1 amide bonds. The summed E-state index contributed by atoms with van der Waals surface area (Å²) in [7, 11) is 1.15. The molecule has 122 valence electrons. The van der Waals surface area contributed by atoms with Gasteiger partial charge < -0.3 is 9.80 Å². The Kier molecular flexibility index (Phi) is 4.68. The fourth-order valence-corrected chi connectivity index (χ4v) is 2.76. The average molecular weight is 314 g/mol. The summed E-state index contributed by atoms with van der Waals surface area (Å²) in [4.78, 5) is 14.2. The third-order valence-electron chi connectivity index (χ3n) is 4.24. The van der Waals surface area contributed by atoms with Crippen molar-refractivity contribution in [2.24, 2.45) is 5.92 Å². The number of hydrogen-bond acceptors (Lipinski definition) is 2. The number of amides is 1. The normalized spacial score (nSPS) is 16.7. The van der Waals surface area contributed by atoms with Crippen molar-refractivity contribution in [3.8, 4) is 0 Å². The monoisotopic (exact) mass is 314 g/mol. The molecule has 1 aliphatic heterocycles. The number of rotatable bonds is 2. The number of aryl methyl sites for hydroxylation is 1. The number of nitrogens with zero attached hydrogens (tertiary/aromatic N) is 2. The Morgan fingerprint density at radius 2 is 1.86 bits per heavy atom. The van der Waals surface area contributed by atoms with E-state index < -0.39 is 12.1 Å². The van der Waals surface area contributed by atoms with Crippen LogP contribution in [0.5, 0.6) is 0 Å². The van der Waals surface area contributed by atoms with Crippen LogP contribution in [0.25, 0.3) is 0 Å². The molecule has 0 bridgehead atoms. The van der Waals surface area contributed by atoms with Crippen LogP contribution in [0.1, 0.15) is 25.3 Å². The Morgan fingerprint density at radius 3 is 2.36 bits per heavy atom. The van der Waals surface area contributed by atoms with Gasteiger partial charge in [0.1, 0.15) is 0 Å². The van der Waals surface area contributed by atoms with E-state index >= 15 is 0 Å². The van der Waals surface area contributed by atoms with E-state index in [1.807, 2.05) is 6.92 Å². The number of halogens is 3. The summed E-state index contributed by atoms with van der Waals surface area (Å²) in [6.07, 6.45) is -2.62. The van der Waals surface area contributed by atoms with E-state index in [2.05, 4.69) is 11.8 Å². The molecule has 3 nitrogen and oxygen atoms in total. The zero-order chi connectivity index (χ0) is 16.5. The number of anilines is 2. The Bertz CT molecular complexity index is 549. The molecule has 0 spiro atoms. The van der Waals surface area contributed by atoms with Gasteiger partial charge in [-0.05, 0) is 49.4 Å². The first-order valence-corrected chi connectivity index (χ1v) is 7.40. The molecule has 0 N–H and O–H groups in total. The highest BCUT2D eigenvalue weighted by Gasteiger charge is 2.41. The minimum absolute atomic E-state index is 0.258. The third kappa shape index (κ3) is 3.54. The lowest BCUT2D eigenvalue weighted by Gasteiger charge is -2.33. The zero-order valence-corrected chi connectivity index (χ0v) is 13.1. The predicted octanol–water partition coefficient (Wildman–Crippen LogP) is 3.76. The largest absolute Gasteiger partial charge is 0.471 e. The number of carbonyl (C=O) groups excluding carboxylic acids is 1. The first-order chi connectivity index (χ1) is 10.2. The molecule has 22 heavy (non-hydrogen) atoms. The summed E-state index contributed by atoms with van der Waals surface area (Å²) >= 11 is 0. The smallest absolute Gasteiger partial charge is 0.371 e. The standard InChI is InChI=1S/C16H21F3N2O/c1-11-6-8-21(9-7-11)14-5-4-13(10-12(14)2)20(3)15(22)16(17,18)19/h4-5,10-11H,6-9H2,1-3H3. The van der Waals surface area contributed by atoms with Crippen molar-refractivity contribution < 1.29 is 18.0 Å². The lowest BCUT2D eigenvalue weighted by atomic mass is 9.98. The highest BCUT2D eigenvalue weighted by molar-refractivity contribution is 5.97. The van der Waals surface area contributed by atoms with Crippen molar-refractivity contribution in [1.82, 2.24) is 0 Å². The van der Waals surface area contributed by atoms with E-state index in [0.717, 1.165) is 44.2 Å². The van der Waals surface area contributed by atoms with Crippen LogP contribution in [-0.2, 0) is 4.79 Å². The van der Waals surface area contributed by atoms with E-state index in [1.54, 1.807) is 18.2 Å². The van der Waals surface area contributed by atoms with E-state index in [4.69, 9.17) is 0 Å². The van der Waals surface area contributed by atoms with Crippen LogP contribution in [0.15, 0.2) is 18.2 Å². The highest BCUT2D eigenvalue weighted by Crippen LogP contribution is 2.30. The maximum absolute atomic E-state index is 12.5. The quantitative estimate of drug-likeness (QED) is 0.830. The molecule has 1 saturated heterocycles. The van der Waals surface area contributed by atoms with Crippen LogP contribution < -0.4 is 9.80 Å². The first-order valence-electron chi connectivity index (χ1n) is 7.40. The molecule has 1 aliphatic rings. The van der Waals surface area contributed by atoms with Gasteiger partial charge in [0, 0.05) is 31.5 Å². The molecule has 6 heteroatoms. The summed E-state index contributed by atoms with van der Waals surface area (Å²) in [6.45, 7) is 6.01. The number of alkyl halides is 3.